The fraction of sp³-hybridized carbons (Fsp3) is 0.700. The molecule has 0 aromatic carbocycles. The van der Waals surface area contributed by atoms with Gasteiger partial charge in [0.1, 0.15) is 0 Å². The molecule has 3 nitrogen and oxygen atoms in total. The van der Waals surface area contributed by atoms with E-state index < -0.39 is 11.2 Å². The summed E-state index contributed by atoms with van der Waals surface area (Å²) in [6, 6.07) is 0. The average molecular weight is 320 g/mol. The van der Waals surface area contributed by atoms with Crippen LogP contribution in [0.1, 0.15) is 59.8 Å². The van der Waals surface area contributed by atoms with Crippen molar-refractivity contribution < 1.29 is 14.9 Å². The second-order valence-corrected chi connectivity index (χ2v) is 7.97. The number of allylic oxidation sites excluding steroid dienone is 1. The molecule has 2 heterocycles. The molecule has 1 fully saturated rings. The summed E-state index contributed by atoms with van der Waals surface area (Å²) in [5.74, 6) is 0.296. The molecule has 130 valence electrons. The van der Waals surface area contributed by atoms with Crippen LogP contribution in [-0.4, -0.2) is 33.6 Å². The fourth-order valence-corrected chi connectivity index (χ4v) is 3.63. The number of ether oxygens (including phenoxy) is 1. The van der Waals surface area contributed by atoms with Crippen molar-refractivity contribution in [3.63, 3.8) is 0 Å². The van der Waals surface area contributed by atoms with E-state index >= 15 is 0 Å². The van der Waals surface area contributed by atoms with Crippen molar-refractivity contribution in [1.29, 1.82) is 0 Å². The van der Waals surface area contributed by atoms with Crippen LogP contribution in [0.15, 0.2) is 36.0 Å². The molecule has 2 aliphatic rings. The second kappa shape index (κ2) is 6.92. The molecule has 0 unspecified atom stereocenters. The zero-order chi connectivity index (χ0) is 17.3. The van der Waals surface area contributed by atoms with Gasteiger partial charge in [-0.2, -0.15) is 0 Å². The molecular weight excluding hydrogens is 288 g/mol. The van der Waals surface area contributed by atoms with Gasteiger partial charge in [0, 0.05) is 5.92 Å². The van der Waals surface area contributed by atoms with Crippen LogP contribution in [0, 0.1) is 5.92 Å². The first-order valence-electron chi connectivity index (χ1n) is 8.70. The van der Waals surface area contributed by atoms with E-state index in [4.69, 9.17) is 4.74 Å². The minimum absolute atomic E-state index is 0.0884. The zero-order valence-corrected chi connectivity index (χ0v) is 15.0. The Bertz CT molecular complexity index is 499. The summed E-state index contributed by atoms with van der Waals surface area (Å²) >= 11 is 0. The van der Waals surface area contributed by atoms with Crippen LogP contribution in [0.2, 0.25) is 0 Å². The van der Waals surface area contributed by atoms with Crippen molar-refractivity contribution in [1.82, 2.24) is 0 Å². The summed E-state index contributed by atoms with van der Waals surface area (Å²) < 4.78 is 6.24. The molecule has 0 aromatic heterocycles. The topological polar surface area (TPSA) is 49.7 Å². The summed E-state index contributed by atoms with van der Waals surface area (Å²) in [5.41, 5.74) is 0.647. The normalized spacial score (nSPS) is 42.3. The SMILES string of the molecule is C=C(C)[C@H]1C[C@H]2O[C@H]1CC(C)=CCC[C@](C)(O)C=CC[C@]2(C)O. The third kappa shape index (κ3) is 4.79. The molecule has 2 N–H and O–H groups in total. The van der Waals surface area contributed by atoms with E-state index in [1.165, 1.54) is 5.57 Å². The van der Waals surface area contributed by atoms with Gasteiger partial charge >= 0.3 is 0 Å². The van der Waals surface area contributed by atoms with Gasteiger partial charge in [-0.25, -0.2) is 0 Å². The van der Waals surface area contributed by atoms with E-state index in [0.29, 0.717) is 18.8 Å². The number of rotatable bonds is 1. The van der Waals surface area contributed by atoms with Crippen LogP contribution in [0.5, 0.6) is 0 Å². The van der Waals surface area contributed by atoms with E-state index in [-0.39, 0.29) is 12.2 Å². The molecule has 0 amide bonds. The highest BCUT2D eigenvalue weighted by Gasteiger charge is 2.43. The monoisotopic (exact) mass is 320 g/mol. The summed E-state index contributed by atoms with van der Waals surface area (Å²) in [5, 5.41) is 21.2. The van der Waals surface area contributed by atoms with E-state index in [1.54, 1.807) is 0 Å². The van der Waals surface area contributed by atoms with Crippen molar-refractivity contribution in [3.05, 3.63) is 36.0 Å². The van der Waals surface area contributed by atoms with Gasteiger partial charge in [-0.3, -0.25) is 0 Å². The quantitative estimate of drug-likeness (QED) is 0.720. The van der Waals surface area contributed by atoms with Crippen LogP contribution in [0.3, 0.4) is 0 Å². The lowest BCUT2D eigenvalue weighted by molar-refractivity contribution is -0.0918. The molecule has 0 aromatic rings. The maximum Gasteiger partial charge on any atom is 0.0914 e. The van der Waals surface area contributed by atoms with Crippen molar-refractivity contribution in [2.24, 2.45) is 5.92 Å². The summed E-state index contributed by atoms with van der Waals surface area (Å²) in [7, 11) is 0. The first-order chi connectivity index (χ1) is 10.6. The first kappa shape index (κ1) is 18.4. The van der Waals surface area contributed by atoms with Gasteiger partial charge in [0.25, 0.3) is 0 Å². The summed E-state index contributed by atoms with van der Waals surface area (Å²) in [4.78, 5) is 0. The van der Waals surface area contributed by atoms with Gasteiger partial charge in [-0.1, -0.05) is 36.0 Å². The van der Waals surface area contributed by atoms with Crippen LogP contribution in [0.4, 0.5) is 0 Å². The molecular formula is C20H32O3. The third-order valence-corrected chi connectivity index (χ3v) is 5.26. The Hall–Kier alpha value is -0.900. The smallest absolute Gasteiger partial charge is 0.0914 e. The maximum absolute atomic E-state index is 10.8. The van der Waals surface area contributed by atoms with Gasteiger partial charge in [0.15, 0.2) is 0 Å². The predicted molar refractivity (Wildman–Crippen MR) is 94.2 cm³/mol. The molecule has 2 rings (SSSR count). The van der Waals surface area contributed by atoms with Gasteiger partial charge in [0.05, 0.1) is 23.4 Å². The molecule has 0 spiro atoms. The lowest BCUT2D eigenvalue weighted by atomic mass is 9.84. The second-order valence-electron chi connectivity index (χ2n) is 7.97. The van der Waals surface area contributed by atoms with Crippen molar-refractivity contribution in [2.75, 3.05) is 0 Å². The molecule has 1 saturated heterocycles. The molecule has 0 aliphatic carbocycles. The molecule has 2 aliphatic heterocycles. The Morgan fingerprint density at radius 2 is 2.04 bits per heavy atom. The van der Waals surface area contributed by atoms with Crippen molar-refractivity contribution >= 4 is 0 Å². The molecule has 23 heavy (non-hydrogen) atoms. The number of hydrogen-bond donors (Lipinski definition) is 2. The number of fused-ring (bicyclic) bond motifs is 2. The van der Waals surface area contributed by atoms with Gasteiger partial charge in [0.2, 0.25) is 0 Å². The Kier molecular flexibility index (Phi) is 5.55. The van der Waals surface area contributed by atoms with Crippen molar-refractivity contribution in [2.45, 2.75) is 83.2 Å². The highest BCUT2D eigenvalue weighted by molar-refractivity contribution is 5.13. The number of hydrogen-bond acceptors (Lipinski definition) is 3. The maximum atomic E-state index is 10.8. The predicted octanol–water partition coefficient (Wildman–Crippen LogP) is 3.91. The highest BCUT2D eigenvalue weighted by atomic mass is 16.5. The minimum Gasteiger partial charge on any atom is -0.387 e. The molecule has 5 atom stereocenters. The summed E-state index contributed by atoms with van der Waals surface area (Å²) in [6.07, 6.45) is 9.47. The molecule has 2 bridgehead atoms. The van der Waals surface area contributed by atoms with Gasteiger partial charge in [-0.15, -0.1) is 0 Å². The summed E-state index contributed by atoms with van der Waals surface area (Å²) in [6.45, 7) is 11.9. The molecule has 0 saturated carbocycles. The minimum atomic E-state index is -0.930. The van der Waals surface area contributed by atoms with E-state index in [1.807, 2.05) is 26.0 Å². The molecule has 3 heteroatoms. The largest absolute Gasteiger partial charge is 0.387 e. The zero-order valence-electron chi connectivity index (χ0n) is 15.0. The third-order valence-electron chi connectivity index (χ3n) is 5.26. The highest BCUT2D eigenvalue weighted by Crippen LogP contribution is 2.40. The van der Waals surface area contributed by atoms with Gasteiger partial charge in [-0.05, 0) is 59.8 Å². The molecule has 0 radical (unpaired) electrons. The first-order valence-corrected chi connectivity index (χ1v) is 8.70. The van der Waals surface area contributed by atoms with Gasteiger partial charge < -0.3 is 14.9 Å². The fourth-order valence-electron chi connectivity index (χ4n) is 3.63. The lowest BCUT2D eigenvalue weighted by Gasteiger charge is -2.29. The average Bonchev–Trinajstić information content (AvgIpc) is 2.81. The number of aliphatic hydroxyl groups is 2. The Morgan fingerprint density at radius 1 is 1.35 bits per heavy atom. The lowest BCUT2D eigenvalue weighted by Crippen LogP contribution is -2.39. The Balaban J connectivity index is 2.27. The standard InChI is InChI=1S/C20H32O3/c1-14(2)16-13-18-20(5,22)11-7-10-19(4,21)9-6-8-15(3)12-17(16)23-18/h7-8,10,16-18,21-22H,1,6,9,11-13H2,2-5H3/t16-,17+,18-,19+,20+/m1/s1. The van der Waals surface area contributed by atoms with E-state index in [2.05, 4.69) is 26.5 Å². The Labute approximate surface area is 140 Å². The van der Waals surface area contributed by atoms with Crippen molar-refractivity contribution in [3.8, 4) is 0 Å². The van der Waals surface area contributed by atoms with Crippen LogP contribution >= 0.6 is 0 Å². The van der Waals surface area contributed by atoms with Crippen LogP contribution in [-0.2, 0) is 4.74 Å². The van der Waals surface area contributed by atoms with Crippen LogP contribution in [0.25, 0.3) is 0 Å². The van der Waals surface area contributed by atoms with E-state index in [0.717, 1.165) is 24.8 Å². The van der Waals surface area contributed by atoms with Crippen LogP contribution < -0.4 is 0 Å². The Morgan fingerprint density at radius 3 is 2.70 bits per heavy atom. The van der Waals surface area contributed by atoms with E-state index in [9.17, 15) is 10.2 Å².